The highest BCUT2D eigenvalue weighted by atomic mass is 16.3. The van der Waals surface area contributed by atoms with E-state index in [2.05, 4.69) is 25.8 Å². The molecule has 0 bridgehead atoms. The maximum atomic E-state index is 9.57. The minimum absolute atomic E-state index is 0.566. The van der Waals surface area contributed by atoms with E-state index in [1.165, 1.54) is 6.42 Å². The van der Waals surface area contributed by atoms with Crippen molar-refractivity contribution in [3.05, 3.63) is 0 Å². The van der Waals surface area contributed by atoms with Gasteiger partial charge in [-0.25, -0.2) is 0 Å². The van der Waals surface area contributed by atoms with Crippen molar-refractivity contribution in [3.63, 3.8) is 0 Å². The molecule has 15 heavy (non-hydrogen) atoms. The van der Waals surface area contributed by atoms with Crippen molar-refractivity contribution >= 4 is 0 Å². The summed E-state index contributed by atoms with van der Waals surface area (Å²) in [6.07, 6.45) is 1.32. The van der Waals surface area contributed by atoms with Gasteiger partial charge in [0.25, 0.3) is 0 Å². The van der Waals surface area contributed by atoms with Crippen LogP contribution in [0, 0.1) is 5.92 Å². The maximum absolute atomic E-state index is 9.57. The second-order valence-corrected chi connectivity index (χ2v) is 4.82. The molecule has 0 aliphatic heterocycles. The van der Waals surface area contributed by atoms with Crippen molar-refractivity contribution in [1.29, 1.82) is 0 Å². The average Bonchev–Trinajstić information content (AvgIpc) is 2.21. The summed E-state index contributed by atoms with van der Waals surface area (Å²) in [6.45, 7) is 8.22. The van der Waals surface area contributed by atoms with E-state index < -0.39 is 12.2 Å². The van der Waals surface area contributed by atoms with Crippen LogP contribution in [0.5, 0.6) is 0 Å². The van der Waals surface area contributed by atoms with Gasteiger partial charge in [0.05, 0.1) is 12.2 Å². The van der Waals surface area contributed by atoms with E-state index >= 15 is 0 Å². The Morgan fingerprint density at radius 1 is 1.00 bits per heavy atom. The topological polar surface area (TPSA) is 43.7 Å². The Hall–Kier alpha value is -0.120. The van der Waals surface area contributed by atoms with E-state index in [4.69, 9.17) is 0 Å². The minimum Gasteiger partial charge on any atom is -0.390 e. The first kappa shape index (κ1) is 14.9. The normalized spacial score (nSPS) is 16.0. The zero-order valence-corrected chi connectivity index (χ0v) is 10.6. The second kappa shape index (κ2) is 8.08. The summed E-state index contributed by atoms with van der Waals surface area (Å²) in [4.78, 5) is 2.21. The summed E-state index contributed by atoms with van der Waals surface area (Å²) in [5, 5.41) is 19.0. The number of hydrogen-bond acceptors (Lipinski definition) is 3. The summed E-state index contributed by atoms with van der Waals surface area (Å²) in [5.41, 5.74) is 0. The molecule has 92 valence electrons. The molecular formula is C12H27NO2. The van der Waals surface area contributed by atoms with Crippen LogP contribution in [0.4, 0.5) is 0 Å². The highest BCUT2D eigenvalue weighted by Gasteiger charge is 2.14. The van der Waals surface area contributed by atoms with Gasteiger partial charge in [0.1, 0.15) is 0 Å². The zero-order valence-electron chi connectivity index (χ0n) is 10.6. The highest BCUT2D eigenvalue weighted by Crippen LogP contribution is 2.05. The standard InChI is InChI=1S/C12H27NO2/c1-5-11(14)12(15)7-9-13(4)8-6-10(2)3/h10-12,14-15H,5-9H2,1-4H3. The van der Waals surface area contributed by atoms with Crippen molar-refractivity contribution in [2.45, 2.75) is 52.2 Å². The third-order valence-electron chi connectivity index (χ3n) is 2.76. The lowest BCUT2D eigenvalue weighted by Gasteiger charge is -2.21. The first-order valence-electron chi connectivity index (χ1n) is 6.02. The fourth-order valence-electron chi connectivity index (χ4n) is 1.41. The summed E-state index contributed by atoms with van der Waals surface area (Å²) < 4.78 is 0. The zero-order chi connectivity index (χ0) is 11.8. The molecule has 0 aliphatic carbocycles. The lowest BCUT2D eigenvalue weighted by atomic mass is 10.1. The Balaban J connectivity index is 3.56. The maximum Gasteiger partial charge on any atom is 0.0811 e. The van der Waals surface area contributed by atoms with Gasteiger partial charge in [-0.05, 0) is 38.8 Å². The van der Waals surface area contributed by atoms with Crippen LogP contribution in [-0.4, -0.2) is 47.5 Å². The molecule has 2 unspecified atom stereocenters. The van der Waals surface area contributed by atoms with Gasteiger partial charge in [0.2, 0.25) is 0 Å². The average molecular weight is 217 g/mol. The molecule has 0 aromatic rings. The Morgan fingerprint density at radius 3 is 2.00 bits per heavy atom. The van der Waals surface area contributed by atoms with E-state index in [9.17, 15) is 10.2 Å². The summed E-state index contributed by atoms with van der Waals surface area (Å²) in [5.74, 6) is 0.721. The molecule has 0 amide bonds. The number of aliphatic hydroxyl groups is 2. The Bertz CT molecular complexity index is 151. The van der Waals surface area contributed by atoms with Gasteiger partial charge in [0.15, 0.2) is 0 Å². The third kappa shape index (κ3) is 7.77. The SMILES string of the molecule is CCC(O)C(O)CCN(C)CCC(C)C. The predicted octanol–water partition coefficient (Wildman–Crippen LogP) is 1.49. The molecule has 0 aromatic heterocycles. The van der Waals surface area contributed by atoms with E-state index in [1.807, 2.05) is 6.92 Å². The fraction of sp³-hybridized carbons (Fsp3) is 1.00. The van der Waals surface area contributed by atoms with E-state index in [-0.39, 0.29) is 0 Å². The quantitative estimate of drug-likeness (QED) is 0.647. The number of rotatable bonds is 8. The summed E-state index contributed by atoms with van der Waals surface area (Å²) in [7, 11) is 2.06. The van der Waals surface area contributed by atoms with Crippen LogP contribution in [0.3, 0.4) is 0 Å². The molecule has 2 N–H and O–H groups in total. The van der Waals surface area contributed by atoms with E-state index in [0.717, 1.165) is 19.0 Å². The molecule has 2 atom stereocenters. The minimum atomic E-state index is -0.573. The van der Waals surface area contributed by atoms with Crippen LogP contribution in [-0.2, 0) is 0 Å². The van der Waals surface area contributed by atoms with Crippen molar-refractivity contribution in [3.8, 4) is 0 Å². The molecule has 0 heterocycles. The fourth-order valence-corrected chi connectivity index (χ4v) is 1.41. The van der Waals surface area contributed by atoms with Crippen LogP contribution < -0.4 is 0 Å². The predicted molar refractivity (Wildman–Crippen MR) is 63.9 cm³/mol. The highest BCUT2D eigenvalue weighted by molar-refractivity contribution is 4.67. The molecule has 0 saturated heterocycles. The van der Waals surface area contributed by atoms with Gasteiger partial charge in [-0.2, -0.15) is 0 Å². The van der Waals surface area contributed by atoms with Crippen LogP contribution in [0.25, 0.3) is 0 Å². The molecular weight excluding hydrogens is 190 g/mol. The van der Waals surface area contributed by atoms with Gasteiger partial charge < -0.3 is 15.1 Å². The number of nitrogens with zero attached hydrogens (tertiary/aromatic N) is 1. The monoisotopic (exact) mass is 217 g/mol. The molecule has 3 nitrogen and oxygen atoms in total. The van der Waals surface area contributed by atoms with E-state index in [1.54, 1.807) is 0 Å². The lowest BCUT2D eigenvalue weighted by molar-refractivity contribution is 0.00825. The largest absolute Gasteiger partial charge is 0.390 e. The molecule has 0 fully saturated rings. The van der Waals surface area contributed by atoms with Crippen molar-refractivity contribution in [1.82, 2.24) is 4.90 Å². The van der Waals surface area contributed by atoms with Gasteiger partial charge in [-0.15, -0.1) is 0 Å². The first-order valence-corrected chi connectivity index (χ1v) is 6.02. The van der Waals surface area contributed by atoms with Gasteiger partial charge in [-0.3, -0.25) is 0 Å². The smallest absolute Gasteiger partial charge is 0.0811 e. The van der Waals surface area contributed by atoms with Gasteiger partial charge in [-0.1, -0.05) is 20.8 Å². The van der Waals surface area contributed by atoms with Crippen LogP contribution in [0.15, 0.2) is 0 Å². The number of aliphatic hydroxyl groups excluding tert-OH is 2. The van der Waals surface area contributed by atoms with Crippen LogP contribution in [0.2, 0.25) is 0 Å². The molecule has 0 aliphatic rings. The first-order chi connectivity index (χ1) is 6.97. The van der Waals surface area contributed by atoms with Crippen molar-refractivity contribution in [2.75, 3.05) is 20.1 Å². The molecule has 0 aromatic carbocycles. The molecule has 3 heteroatoms. The van der Waals surface area contributed by atoms with Gasteiger partial charge >= 0.3 is 0 Å². The second-order valence-electron chi connectivity index (χ2n) is 4.82. The van der Waals surface area contributed by atoms with Crippen molar-refractivity contribution in [2.24, 2.45) is 5.92 Å². The summed E-state index contributed by atoms with van der Waals surface area (Å²) in [6, 6.07) is 0. The lowest BCUT2D eigenvalue weighted by Crippen LogP contribution is -2.31. The Kier molecular flexibility index (Phi) is 8.02. The van der Waals surface area contributed by atoms with Crippen LogP contribution in [0.1, 0.15) is 40.0 Å². The Morgan fingerprint density at radius 2 is 1.53 bits per heavy atom. The Labute approximate surface area is 94.1 Å². The van der Waals surface area contributed by atoms with Gasteiger partial charge in [0, 0.05) is 6.54 Å². The van der Waals surface area contributed by atoms with Crippen molar-refractivity contribution < 1.29 is 10.2 Å². The molecule has 0 saturated carbocycles. The third-order valence-corrected chi connectivity index (χ3v) is 2.76. The molecule has 0 spiro atoms. The number of hydrogen-bond donors (Lipinski definition) is 2. The molecule has 0 rings (SSSR count). The van der Waals surface area contributed by atoms with Crippen LogP contribution >= 0.6 is 0 Å². The molecule has 0 radical (unpaired) electrons. The van der Waals surface area contributed by atoms with E-state index in [0.29, 0.717) is 12.8 Å². The summed E-state index contributed by atoms with van der Waals surface area (Å²) >= 11 is 0.